The second-order valence-electron chi connectivity index (χ2n) is 5.82. The molecule has 0 unspecified atom stereocenters. The Morgan fingerprint density at radius 1 is 1.47 bits per heavy atom. The van der Waals surface area contributed by atoms with Crippen LogP contribution in [0, 0.1) is 5.41 Å². The van der Waals surface area contributed by atoms with Gasteiger partial charge >= 0.3 is 5.97 Å². The van der Waals surface area contributed by atoms with E-state index in [-0.39, 0.29) is 5.41 Å². The molecule has 0 spiro atoms. The van der Waals surface area contributed by atoms with Gasteiger partial charge in [-0.2, -0.15) is 0 Å². The van der Waals surface area contributed by atoms with E-state index in [1.165, 1.54) is 6.92 Å². The first-order valence-electron chi connectivity index (χ1n) is 6.65. The topological polar surface area (TPSA) is 64.7 Å². The highest BCUT2D eigenvalue weighted by Crippen LogP contribution is 2.36. The largest absolute Gasteiger partial charge is 0.360 e. The number of hydrogen-bond acceptors (Lipinski definition) is 5. The molecule has 5 heteroatoms. The number of nitrogens with zero attached hydrogens (tertiary/aromatic N) is 2. The Labute approximate surface area is 113 Å². The molecule has 0 aromatic carbocycles. The summed E-state index contributed by atoms with van der Waals surface area (Å²) in [5, 5.41) is 8.14. The van der Waals surface area contributed by atoms with Gasteiger partial charge in [0.2, 0.25) is 0 Å². The number of aryl methyl sites for hydroxylation is 1. The van der Waals surface area contributed by atoms with Gasteiger partial charge in [0.25, 0.3) is 0 Å². The molecule has 0 saturated carbocycles. The summed E-state index contributed by atoms with van der Waals surface area (Å²) in [6.07, 6.45) is 3.42. The predicted molar refractivity (Wildman–Crippen MR) is 70.9 cm³/mol. The predicted octanol–water partition coefficient (Wildman–Crippen LogP) is 2.87. The third-order valence-corrected chi connectivity index (χ3v) is 3.18. The Morgan fingerprint density at radius 3 is 2.84 bits per heavy atom. The van der Waals surface area contributed by atoms with Crippen LogP contribution >= 0.6 is 0 Å². The molecular formula is C14H20N2O3. The normalized spacial score (nSPS) is 19.3. The molecule has 1 aliphatic carbocycles. The minimum absolute atomic E-state index is 0.0367. The fourth-order valence-corrected chi connectivity index (χ4v) is 2.45. The van der Waals surface area contributed by atoms with Crippen LogP contribution in [0.4, 0.5) is 0 Å². The number of fused-ring (bicyclic) bond motifs is 1. The molecule has 0 aliphatic heterocycles. The zero-order valence-corrected chi connectivity index (χ0v) is 11.9. The molecule has 0 fully saturated rings. The standard InChI is InChI=1S/C14H20N2O3/c1-5-6-10-13-11(16-18-9(2)17)7-14(3,4)8-12(13)19-15-10/h5-8H2,1-4H3/b16-11-. The maximum Gasteiger partial charge on any atom is 0.331 e. The number of aromatic nitrogens is 1. The molecule has 2 rings (SSSR count). The zero-order chi connectivity index (χ0) is 14.0. The van der Waals surface area contributed by atoms with E-state index < -0.39 is 5.97 Å². The molecule has 1 aliphatic rings. The maximum absolute atomic E-state index is 10.9. The fraction of sp³-hybridized carbons (Fsp3) is 0.643. The Kier molecular flexibility index (Phi) is 3.73. The molecule has 0 amide bonds. The first-order valence-corrected chi connectivity index (χ1v) is 6.65. The zero-order valence-electron chi connectivity index (χ0n) is 11.9. The van der Waals surface area contributed by atoms with Crippen molar-refractivity contribution in [3.05, 3.63) is 17.0 Å². The van der Waals surface area contributed by atoms with Crippen LogP contribution in [0.3, 0.4) is 0 Å². The number of hydrogen-bond donors (Lipinski definition) is 0. The molecular weight excluding hydrogens is 244 g/mol. The van der Waals surface area contributed by atoms with Crippen molar-refractivity contribution < 1.29 is 14.2 Å². The molecule has 0 atom stereocenters. The van der Waals surface area contributed by atoms with Crippen LogP contribution in [-0.2, 0) is 22.5 Å². The van der Waals surface area contributed by atoms with Gasteiger partial charge in [-0.1, -0.05) is 37.5 Å². The third-order valence-electron chi connectivity index (χ3n) is 3.18. The van der Waals surface area contributed by atoms with Crippen LogP contribution in [0.25, 0.3) is 0 Å². The Bertz CT molecular complexity index is 515. The van der Waals surface area contributed by atoms with Crippen molar-refractivity contribution in [2.75, 3.05) is 0 Å². The van der Waals surface area contributed by atoms with Gasteiger partial charge in [0, 0.05) is 13.3 Å². The van der Waals surface area contributed by atoms with E-state index in [2.05, 4.69) is 31.1 Å². The van der Waals surface area contributed by atoms with E-state index in [0.29, 0.717) is 0 Å². The van der Waals surface area contributed by atoms with Gasteiger partial charge in [-0.25, -0.2) is 4.79 Å². The van der Waals surface area contributed by atoms with Gasteiger partial charge in [0.05, 0.1) is 17.0 Å². The van der Waals surface area contributed by atoms with Gasteiger partial charge in [-0.15, -0.1) is 0 Å². The van der Waals surface area contributed by atoms with Crippen molar-refractivity contribution in [1.29, 1.82) is 0 Å². The van der Waals surface area contributed by atoms with E-state index in [9.17, 15) is 4.79 Å². The lowest BCUT2D eigenvalue weighted by Crippen LogP contribution is -2.27. The fourth-order valence-electron chi connectivity index (χ4n) is 2.45. The van der Waals surface area contributed by atoms with Gasteiger partial charge in [-0.3, -0.25) is 0 Å². The first kappa shape index (κ1) is 13.8. The molecule has 104 valence electrons. The van der Waals surface area contributed by atoms with E-state index in [4.69, 9.17) is 9.36 Å². The molecule has 0 bridgehead atoms. The summed E-state index contributed by atoms with van der Waals surface area (Å²) in [5.74, 6) is 0.441. The van der Waals surface area contributed by atoms with Gasteiger partial charge < -0.3 is 9.36 Å². The molecule has 1 aromatic heterocycles. The van der Waals surface area contributed by atoms with E-state index in [1.807, 2.05) is 0 Å². The number of carbonyl (C=O) groups excluding carboxylic acids is 1. The van der Waals surface area contributed by atoms with Crippen molar-refractivity contribution in [2.45, 2.75) is 53.4 Å². The maximum atomic E-state index is 10.9. The quantitative estimate of drug-likeness (QED) is 0.622. The molecule has 1 heterocycles. The molecule has 1 aromatic rings. The highest BCUT2D eigenvalue weighted by atomic mass is 16.7. The summed E-state index contributed by atoms with van der Waals surface area (Å²) in [7, 11) is 0. The Hall–Kier alpha value is -1.65. The second-order valence-corrected chi connectivity index (χ2v) is 5.82. The molecule has 5 nitrogen and oxygen atoms in total. The first-order chi connectivity index (χ1) is 8.93. The summed E-state index contributed by atoms with van der Waals surface area (Å²) < 4.78 is 5.44. The Balaban J connectivity index is 2.41. The molecule has 0 radical (unpaired) electrons. The van der Waals surface area contributed by atoms with Crippen LogP contribution in [0.15, 0.2) is 9.68 Å². The van der Waals surface area contributed by atoms with Crippen LogP contribution < -0.4 is 0 Å². The molecule has 0 N–H and O–H groups in total. The second kappa shape index (κ2) is 5.15. The lowest BCUT2D eigenvalue weighted by Gasteiger charge is -2.28. The summed E-state index contributed by atoms with van der Waals surface area (Å²) in [5.41, 5.74) is 2.67. The lowest BCUT2D eigenvalue weighted by atomic mass is 9.75. The van der Waals surface area contributed by atoms with Crippen molar-refractivity contribution in [2.24, 2.45) is 10.6 Å². The van der Waals surface area contributed by atoms with Crippen LogP contribution in [0.2, 0.25) is 0 Å². The monoisotopic (exact) mass is 264 g/mol. The summed E-state index contributed by atoms with van der Waals surface area (Å²) in [6, 6.07) is 0. The van der Waals surface area contributed by atoms with E-state index in [1.54, 1.807) is 0 Å². The summed E-state index contributed by atoms with van der Waals surface area (Å²) >= 11 is 0. The van der Waals surface area contributed by atoms with Gasteiger partial charge in [-0.05, 0) is 18.3 Å². The number of carbonyl (C=O) groups is 1. The average molecular weight is 264 g/mol. The van der Waals surface area contributed by atoms with E-state index >= 15 is 0 Å². The van der Waals surface area contributed by atoms with Crippen molar-refractivity contribution in [3.63, 3.8) is 0 Å². The smallest absolute Gasteiger partial charge is 0.331 e. The number of oxime groups is 1. The van der Waals surface area contributed by atoms with Gasteiger partial charge in [0.1, 0.15) is 5.76 Å². The molecule has 19 heavy (non-hydrogen) atoms. The summed E-state index contributed by atoms with van der Waals surface area (Å²) in [6.45, 7) is 7.72. The Morgan fingerprint density at radius 2 is 2.21 bits per heavy atom. The van der Waals surface area contributed by atoms with Crippen LogP contribution in [0.1, 0.15) is 57.6 Å². The minimum atomic E-state index is -0.411. The van der Waals surface area contributed by atoms with Crippen molar-refractivity contribution >= 4 is 11.7 Å². The summed E-state index contributed by atoms with van der Waals surface area (Å²) in [4.78, 5) is 15.8. The van der Waals surface area contributed by atoms with Crippen molar-refractivity contribution in [1.82, 2.24) is 5.16 Å². The highest BCUT2D eigenvalue weighted by molar-refractivity contribution is 6.03. The van der Waals surface area contributed by atoms with Crippen LogP contribution in [0.5, 0.6) is 0 Å². The SMILES string of the molecule is CCCc1noc2c1/C(=N\OC(C)=O)CC(C)(C)C2. The highest BCUT2D eigenvalue weighted by Gasteiger charge is 2.35. The molecule has 0 saturated heterocycles. The van der Waals surface area contributed by atoms with Crippen LogP contribution in [-0.4, -0.2) is 16.8 Å². The van der Waals surface area contributed by atoms with E-state index in [0.717, 1.165) is 48.4 Å². The third kappa shape index (κ3) is 3.03. The van der Waals surface area contributed by atoms with Crippen molar-refractivity contribution in [3.8, 4) is 0 Å². The average Bonchev–Trinajstić information content (AvgIpc) is 2.68. The minimum Gasteiger partial charge on any atom is -0.360 e. The number of rotatable bonds is 3. The van der Waals surface area contributed by atoms with Gasteiger partial charge in [0.15, 0.2) is 0 Å². The lowest BCUT2D eigenvalue weighted by molar-refractivity contribution is -0.140.